The highest BCUT2D eigenvalue weighted by Crippen LogP contribution is 2.30. The van der Waals surface area contributed by atoms with Crippen LogP contribution in [0, 0.1) is 6.92 Å². The normalized spacial score (nSPS) is 10.6. The maximum atomic E-state index is 12.4. The molecule has 3 heteroatoms. The second kappa shape index (κ2) is 5.98. The van der Waals surface area contributed by atoms with E-state index in [-0.39, 0.29) is 5.97 Å². The molecule has 0 atom stereocenters. The Morgan fingerprint density at radius 2 is 1.73 bits per heavy atom. The average molecular weight is 291 g/mol. The zero-order chi connectivity index (χ0) is 15.5. The summed E-state index contributed by atoms with van der Waals surface area (Å²) >= 11 is 0. The van der Waals surface area contributed by atoms with Gasteiger partial charge >= 0.3 is 5.97 Å². The molecule has 0 aliphatic carbocycles. The lowest BCUT2D eigenvalue weighted by atomic mass is 9.98. The van der Waals surface area contributed by atoms with Crippen molar-refractivity contribution >= 4 is 16.9 Å². The van der Waals surface area contributed by atoms with Gasteiger partial charge in [0.15, 0.2) is 0 Å². The van der Waals surface area contributed by atoms with Gasteiger partial charge in [0.25, 0.3) is 0 Å². The van der Waals surface area contributed by atoms with Gasteiger partial charge in [-0.3, -0.25) is 0 Å². The molecule has 0 spiro atoms. The Morgan fingerprint density at radius 3 is 2.45 bits per heavy atom. The molecule has 3 rings (SSSR count). The van der Waals surface area contributed by atoms with E-state index in [1.807, 2.05) is 68.4 Å². The molecule has 0 saturated carbocycles. The van der Waals surface area contributed by atoms with E-state index in [1.54, 1.807) is 0 Å². The molecule has 3 nitrogen and oxygen atoms in total. The van der Waals surface area contributed by atoms with Crippen LogP contribution < -0.4 is 0 Å². The van der Waals surface area contributed by atoms with Crippen molar-refractivity contribution in [2.75, 3.05) is 6.61 Å². The first-order valence-corrected chi connectivity index (χ1v) is 7.34. The van der Waals surface area contributed by atoms with Crippen LogP contribution in [0.3, 0.4) is 0 Å². The summed E-state index contributed by atoms with van der Waals surface area (Å²) in [6, 6.07) is 17.6. The molecule has 0 unspecified atom stereocenters. The molecule has 0 radical (unpaired) electrons. The number of benzene rings is 2. The summed E-state index contributed by atoms with van der Waals surface area (Å²) in [6.07, 6.45) is 0. The minimum absolute atomic E-state index is 0.322. The maximum absolute atomic E-state index is 12.4. The first kappa shape index (κ1) is 14.3. The van der Waals surface area contributed by atoms with Crippen molar-refractivity contribution in [3.05, 3.63) is 65.7 Å². The molecule has 0 fully saturated rings. The van der Waals surface area contributed by atoms with Gasteiger partial charge in [-0.1, -0.05) is 48.5 Å². The first-order valence-electron chi connectivity index (χ1n) is 7.34. The maximum Gasteiger partial charge on any atom is 0.340 e. The summed E-state index contributed by atoms with van der Waals surface area (Å²) in [5.41, 5.74) is 3.93. The van der Waals surface area contributed by atoms with Gasteiger partial charge in [-0.05, 0) is 25.5 Å². The number of carbonyl (C=O) groups is 1. The number of rotatable bonds is 3. The lowest BCUT2D eigenvalue weighted by molar-refractivity contribution is 0.0526. The van der Waals surface area contributed by atoms with Crippen LogP contribution in [0.2, 0.25) is 0 Å². The Kier molecular flexibility index (Phi) is 3.88. The third-order valence-corrected chi connectivity index (χ3v) is 3.68. The van der Waals surface area contributed by atoms with Gasteiger partial charge in [-0.2, -0.15) is 0 Å². The molecule has 3 aromatic rings. The minimum Gasteiger partial charge on any atom is -0.462 e. The van der Waals surface area contributed by atoms with E-state index in [4.69, 9.17) is 9.72 Å². The van der Waals surface area contributed by atoms with E-state index in [9.17, 15) is 4.79 Å². The summed E-state index contributed by atoms with van der Waals surface area (Å²) in [7, 11) is 0. The Hall–Kier alpha value is -2.68. The topological polar surface area (TPSA) is 39.2 Å². The molecule has 0 aliphatic heterocycles. The van der Waals surface area contributed by atoms with Gasteiger partial charge in [-0.15, -0.1) is 0 Å². The first-order chi connectivity index (χ1) is 10.7. The number of hydrogen-bond donors (Lipinski definition) is 0. The number of aromatic nitrogens is 1. The Morgan fingerprint density at radius 1 is 1.05 bits per heavy atom. The molecule has 0 amide bonds. The largest absolute Gasteiger partial charge is 0.462 e. The molecule has 110 valence electrons. The molecule has 1 aromatic heterocycles. The predicted octanol–water partition coefficient (Wildman–Crippen LogP) is 4.39. The fourth-order valence-electron chi connectivity index (χ4n) is 2.63. The second-order valence-corrected chi connectivity index (χ2v) is 5.06. The molecular weight excluding hydrogens is 274 g/mol. The number of ether oxygens (including phenoxy) is 1. The van der Waals surface area contributed by atoms with E-state index < -0.39 is 0 Å². The molecule has 0 saturated heterocycles. The Balaban J connectivity index is 2.33. The number of esters is 1. The second-order valence-electron chi connectivity index (χ2n) is 5.06. The van der Waals surface area contributed by atoms with E-state index >= 15 is 0 Å². The fourth-order valence-corrected chi connectivity index (χ4v) is 2.63. The van der Waals surface area contributed by atoms with Crippen molar-refractivity contribution in [2.45, 2.75) is 13.8 Å². The molecule has 0 N–H and O–H groups in total. The van der Waals surface area contributed by atoms with Crippen LogP contribution in [0.4, 0.5) is 0 Å². The van der Waals surface area contributed by atoms with Gasteiger partial charge in [0.05, 0.1) is 23.4 Å². The standard InChI is InChI=1S/C19H17NO2/c1-3-22-19(21)17-13(2)15-11-7-8-12-16(15)20-18(17)14-9-5-4-6-10-14/h4-12H,3H2,1-2H3. The minimum atomic E-state index is -0.322. The number of para-hydroxylation sites is 1. The van der Waals surface area contributed by atoms with Crippen LogP contribution in [-0.2, 0) is 4.74 Å². The van der Waals surface area contributed by atoms with E-state index in [0.717, 1.165) is 22.0 Å². The van der Waals surface area contributed by atoms with Crippen LogP contribution in [0.25, 0.3) is 22.2 Å². The number of pyridine rings is 1. The van der Waals surface area contributed by atoms with Crippen LogP contribution in [0.15, 0.2) is 54.6 Å². The van der Waals surface area contributed by atoms with Crippen LogP contribution >= 0.6 is 0 Å². The van der Waals surface area contributed by atoms with Crippen molar-refractivity contribution in [1.29, 1.82) is 0 Å². The predicted molar refractivity (Wildman–Crippen MR) is 87.9 cm³/mol. The molecule has 0 aliphatic rings. The lowest BCUT2D eigenvalue weighted by Crippen LogP contribution is -2.10. The summed E-state index contributed by atoms with van der Waals surface area (Å²) in [6.45, 7) is 4.10. The monoisotopic (exact) mass is 291 g/mol. The number of aryl methyl sites for hydroxylation is 1. The van der Waals surface area contributed by atoms with Gasteiger partial charge < -0.3 is 4.74 Å². The number of carbonyl (C=O) groups excluding carboxylic acids is 1. The van der Waals surface area contributed by atoms with Crippen molar-refractivity contribution in [2.24, 2.45) is 0 Å². The van der Waals surface area contributed by atoms with Crippen molar-refractivity contribution in [3.63, 3.8) is 0 Å². The quantitative estimate of drug-likeness (QED) is 0.672. The Labute approximate surface area is 129 Å². The number of fused-ring (bicyclic) bond motifs is 1. The molecule has 1 heterocycles. The third-order valence-electron chi connectivity index (χ3n) is 3.68. The van der Waals surface area contributed by atoms with Crippen molar-refractivity contribution in [1.82, 2.24) is 4.98 Å². The van der Waals surface area contributed by atoms with Crippen molar-refractivity contribution < 1.29 is 9.53 Å². The number of nitrogens with zero attached hydrogens (tertiary/aromatic N) is 1. The molecule has 0 bridgehead atoms. The van der Waals surface area contributed by atoms with Gasteiger partial charge in [-0.25, -0.2) is 9.78 Å². The van der Waals surface area contributed by atoms with Crippen LogP contribution in [0.5, 0.6) is 0 Å². The van der Waals surface area contributed by atoms with E-state index in [1.165, 1.54) is 0 Å². The van der Waals surface area contributed by atoms with Gasteiger partial charge in [0, 0.05) is 10.9 Å². The highest BCUT2D eigenvalue weighted by molar-refractivity contribution is 6.03. The average Bonchev–Trinajstić information content (AvgIpc) is 2.55. The van der Waals surface area contributed by atoms with Crippen LogP contribution in [0.1, 0.15) is 22.8 Å². The lowest BCUT2D eigenvalue weighted by Gasteiger charge is -2.14. The highest BCUT2D eigenvalue weighted by atomic mass is 16.5. The number of hydrogen-bond acceptors (Lipinski definition) is 3. The van der Waals surface area contributed by atoms with Crippen LogP contribution in [-0.4, -0.2) is 17.6 Å². The zero-order valence-corrected chi connectivity index (χ0v) is 12.7. The van der Waals surface area contributed by atoms with Crippen molar-refractivity contribution in [3.8, 4) is 11.3 Å². The molecule has 22 heavy (non-hydrogen) atoms. The molecule has 2 aromatic carbocycles. The molecular formula is C19H17NO2. The van der Waals surface area contributed by atoms with E-state index in [0.29, 0.717) is 17.9 Å². The SMILES string of the molecule is CCOC(=O)c1c(-c2ccccc2)nc2ccccc2c1C. The summed E-state index contributed by atoms with van der Waals surface area (Å²) in [4.78, 5) is 17.1. The zero-order valence-electron chi connectivity index (χ0n) is 12.7. The van der Waals surface area contributed by atoms with Gasteiger partial charge in [0.1, 0.15) is 0 Å². The highest BCUT2D eigenvalue weighted by Gasteiger charge is 2.20. The fraction of sp³-hybridized carbons (Fsp3) is 0.158. The Bertz CT molecular complexity index is 825. The third kappa shape index (κ3) is 2.46. The summed E-state index contributed by atoms with van der Waals surface area (Å²) in [5, 5.41) is 0.977. The smallest absolute Gasteiger partial charge is 0.340 e. The van der Waals surface area contributed by atoms with Gasteiger partial charge in [0.2, 0.25) is 0 Å². The van der Waals surface area contributed by atoms with E-state index in [2.05, 4.69) is 0 Å². The summed E-state index contributed by atoms with van der Waals surface area (Å²) in [5.74, 6) is -0.322. The summed E-state index contributed by atoms with van der Waals surface area (Å²) < 4.78 is 5.24.